The lowest BCUT2D eigenvalue weighted by Crippen LogP contribution is -2.43. The van der Waals surface area contributed by atoms with Gasteiger partial charge in [-0.3, -0.25) is 9.59 Å². The number of carbonyl (C=O) groups excluding carboxylic acids is 2. The van der Waals surface area contributed by atoms with Gasteiger partial charge in [-0.25, -0.2) is 0 Å². The van der Waals surface area contributed by atoms with E-state index in [0.29, 0.717) is 0 Å². The van der Waals surface area contributed by atoms with Crippen molar-refractivity contribution >= 4 is 17.6 Å². The Morgan fingerprint density at radius 3 is 2.68 bits per heavy atom. The Kier molecular flexibility index (Phi) is 3.94. The molecule has 1 atom stereocenters. The number of esters is 1. The predicted molar refractivity (Wildman–Crippen MR) is 84.6 cm³/mol. The molecule has 118 valence electrons. The van der Waals surface area contributed by atoms with Gasteiger partial charge in [-0.15, -0.1) is 0 Å². The molecular formula is C18H23NO3. The van der Waals surface area contributed by atoms with Crippen LogP contribution in [0.3, 0.4) is 0 Å². The van der Waals surface area contributed by atoms with Gasteiger partial charge in [0.05, 0.1) is 12.3 Å². The van der Waals surface area contributed by atoms with Gasteiger partial charge in [0.2, 0.25) is 5.91 Å². The molecule has 1 aliphatic heterocycles. The molecule has 3 rings (SSSR count). The second kappa shape index (κ2) is 5.75. The first-order valence-electron chi connectivity index (χ1n) is 8.10. The summed E-state index contributed by atoms with van der Waals surface area (Å²) >= 11 is 0. The molecule has 1 amide bonds. The van der Waals surface area contributed by atoms with Crippen LogP contribution in [-0.2, 0) is 14.3 Å². The zero-order valence-corrected chi connectivity index (χ0v) is 13.3. The molecule has 4 heteroatoms. The molecule has 0 bridgehead atoms. The molecular weight excluding hydrogens is 278 g/mol. The summed E-state index contributed by atoms with van der Waals surface area (Å²) in [5.74, 6) is -0.676. The average Bonchev–Trinajstić information content (AvgIpc) is 2.80. The smallest absolute Gasteiger partial charge is 0.307 e. The summed E-state index contributed by atoms with van der Waals surface area (Å²) in [5, 5.41) is 3.01. The third-order valence-corrected chi connectivity index (χ3v) is 4.99. The SMILES string of the molecule is Cc1ccc(C)c(NC(=O)[C@H]2CC(=O)OC23CCCCC3)c1. The summed E-state index contributed by atoms with van der Waals surface area (Å²) in [6.07, 6.45) is 5.04. The van der Waals surface area contributed by atoms with Crippen molar-refractivity contribution in [2.24, 2.45) is 5.92 Å². The Morgan fingerprint density at radius 1 is 1.23 bits per heavy atom. The first kappa shape index (κ1) is 15.1. The molecule has 22 heavy (non-hydrogen) atoms. The monoisotopic (exact) mass is 301 g/mol. The second-order valence-electron chi connectivity index (χ2n) is 6.66. The van der Waals surface area contributed by atoms with E-state index in [1.807, 2.05) is 32.0 Å². The average molecular weight is 301 g/mol. The fourth-order valence-electron chi connectivity index (χ4n) is 3.71. The van der Waals surface area contributed by atoms with E-state index in [1.165, 1.54) is 0 Å². The predicted octanol–water partition coefficient (Wildman–Crippen LogP) is 3.51. The van der Waals surface area contributed by atoms with Crippen LogP contribution in [-0.4, -0.2) is 17.5 Å². The van der Waals surface area contributed by atoms with Crippen LogP contribution >= 0.6 is 0 Å². The minimum absolute atomic E-state index is 0.0820. The Labute approximate surface area is 131 Å². The van der Waals surface area contributed by atoms with Gasteiger partial charge in [0.25, 0.3) is 0 Å². The fourth-order valence-corrected chi connectivity index (χ4v) is 3.71. The maximum atomic E-state index is 12.8. The zero-order valence-electron chi connectivity index (χ0n) is 13.3. The molecule has 0 unspecified atom stereocenters. The van der Waals surface area contributed by atoms with Crippen LogP contribution < -0.4 is 5.32 Å². The van der Waals surface area contributed by atoms with Crippen molar-refractivity contribution in [1.82, 2.24) is 0 Å². The van der Waals surface area contributed by atoms with E-state index in [9.17, 15) is 9.59 Å². The van der Waals surface area contributed by atoms with Gasteiger partial charge in [0, 0.05) is 5.69 Å². The van der Waals surface area contributed by atoms with Crippen LogP contribution in [0.2, 0.25) is 0 Å². The number of amides is 1. The third kappa shape index (κ3) is 2.74. The molecule has 0 radical (unpaired) electrons. The number of carbonyl (C=O) groups is 2. The van der Waals surface area contributed by atoms with Gasteiger partial charge in [-0.1, -0.05) is 18.6 Å². The normalized spacial score (nSPS) is 23.4. The van der Waals surface area contributed by atoms with Gasteiger partial charge in [-0.05, 0) is 56.7 Å². The molecule has 1 aromatic carbocycles. The summed E-state index contributed by atoms with van der Waals surface area (Å²) in [6, 6.07) is 5.99. The standard InChI is InChI=1S/C18H23NO3/c1-12-6-7-13(2)15(10-12)19-17(21)14-11-16(20)22-18(14)8-4-3-5-9-18/h6-7,10,14H,3-5,8-9,11H2,1-2H3,(H,19,21)/t14-/m1/s1. The molecule has 4 nitrogen and oxygen atoms in total. The van der Waals surface area contributed by atoms with Crippen molar-refractivity contribution in [1.29, 1.82) is 0 Å². The fraction of sp³-hybridized carbons (Fsp3) is 0.556. The molecule has 1 saturated carbocycles. The van der Waals surface area contributed by atoms with Gasteiger partial charge in [-0.2, -0.15) is 0 Å². The van der Waals surface area contributed by atoms with Gasteiger partial charge < -0.3 is 10.1 Å². The van der Waals surface area contributed by atoms with E-state index in [-0.39, 0.29) is 24.2 Å². The van der Waals surface area contributed by atoms with Crippen molar-refractivity contribution in [3.05, 3.63) is 29.3 Å². The van der Waals surface area contributed by atoms with Crippen LogP contribution in [0.5, 0.6) is 0 Å². The van der Waals surface area contributed by atoms with Crippen molar-refractivity contribution < 1.29 is 14.3 Å². The Bertz CT molecular complexity index is 602. The first-order valence-corrected chi connectivity index (χ1v) is 8.10. The molecule has 1 aliphatic carbocycles. The van der Waals surface area contributed by atoms with E-state index in [2.05, 4.69) is 5.32 Å². The van der Waals surface area contributed by atoms with Crippen LogP contribution in [0.25, 0.3) is 0 Å². The van der Waals surface area contributed by atoms with Crippen molar-refractivity contribution in [2.45, 2.75) is 58.0 Å². The first-order chi connectivity index (χ1) is 10.5. The van der Waals surface area contributed by atoms with Gasteiger partial charge in [0.15, 0.2) is 0 Å². The molecule has 1 aromatic rings. The van der Waals surface area contributed by atoms with E-state index >= 15 is 0 Å². The number of hydrogen-bond donors (Lipinski definition) is 1. The maximum absolute atomic E-state index is 12.8. The number of ether oxygens (including phenoxy) is 1. The minimum atomic E-state index is -0.558. The quantitative estimate of drug-likeness (QED) is 0.850. The zero-order chi connectivity index (χ0) is 15.7. The number of benzene rings is 1. The van der Waals surface area contributed by atoms with Crippen LogP contribution in [0, 0.1) is 19.8 Å². The molecule has 2 aliphatic rings. The van der Waals surface area contributed by atoms with E-state index < -0.39 is 5.60 Å². The molecule has 2 fully saturated rings. The lowest BCUT2D eigenvalue weighted by Gasteiger charge is -2.36. The highest BCUT2D eigenvalue weighted by molar-refractivity contribution is 5.97. The Balaban J connectivity index is 1.81. The van der Waals surface area contributed by atoms with Gasteiger partial charge >= 0.3 is 5.97 Å². The molecule has 1 heterocycles. The van der Waals surface area contributed by atoms with E-state index in [4.69, 9.17) is 4.74 Å². The third-order valence-electron chi connectivity index (χ3n) is 4.99. The summed E-state index contributed by atoms with van der Waals surface area (Å²) in [4.78, 5) is 24.6. The number of aryl methyl sites for hydroxylation is 2. The van der Waals surface area contributed by atoms with Crippen LogP contribution in [0.4, 0.5) is 5.69 Å². The van der Waals surface area contributed by atoms with E-state index in [0.717, 1.165) is 48.9 Å². The summed E-state index contributed by atoms with van der Waals surface area (Å²) in [6.45, 7) is 3.97. The summed E-state index contributed by atoms with van der Waals surface area (Å²) in [7, 11) is 0. The number of nitrogens with one attached hydrogen (secondary N) is 1. The summed E-state index contributed by atoms with van der Waals surface area (Å²) in [5.41, 5.74) is 2.40. The Morgan fingerprint density at radius 2 is 1.95 bits per heavy atom. The molecule has 1 spiro atoms. The molecule has 1 saturated heterocycles. The highest BCUT2D eigenvalue weighted by atomic mass is 16.6. The van der Waals surface area contributed by atoms with Crippen molar-refractivity contribution in [3.63, 3.8) is 0 Å². The largest absolute Gasteiger partial charge is 0.458 e. The lowest BCUT2D eigenvalue weighted by molar-refractivity contribution is -0.153. The maximum Gasteiger partial charge on any atom is 0.307 e. The minimum Gasteiger partial charge on any atom is -0.458 e. The number of hydrogen-bond acceptors (Lipinski definition) is 3. The topological polar surface area (TPSA) is 55.4 Å². The van der Waals surface area contributed by atoms with E-state index in [1.54, 1.807) is 0 Å². The Hall–Kier alpha value is -1.84. The number of rotatable bonds is 2. The molecule has 1 N–H and O–H groups in total. The highest BCUT2D eigenvalue weighted by Crippen LogP contribution is 2.44. The number of anilines is 1. The molecule has 0 aromatic heterocycles. The van der Waals surface area contributed by atoms with Crippen LogP contribution in [0.1, 0.15) is 49.7 Å². The van der Waals surface area contributed by atoms with Crippen LogP contribution in [0.15, 0.2) is 18.2 Å². The highest BCUT2D eigenvalue weighted by Gasteiger charge is 2.52. The van der Waals surface area contributed by atoms with Gasteiger partial charge in [0.1, 0.15) is 5.60 Å². The van der Waals surface area contributed by atoms with Crippen molar-refractivity contribution in [3.8, 4) is 0 Å². The van der Waals surface area contributed by atoms with Crippen molar-refractivity contribution in [2.75, 3.05) is 5.32 Å². The second-order valence-corrected chi connectivity index (χ2v) is 6.66. The lowest BCUT2D eigenvalue weighted by atomic mass is 9.75. The summed E-state index contributed by atoms with van der Waals surface area (Å²) < 4.78 is 5.62.